The van der Waals surface area contributed by atoms with Crippen LogP contribution in [-0.4, -0.2) is 63.8 Å². The van der Waals surface area contributed by atoms with Gasteiger partial charge in [-0.05, 0) is 63.3 Å². The molecule has 3 saturated heterocycles. The molecule has 2 N–H and O–H groups in total. The van der Waals surface area contributed by atoms with Gasteiger partial charge in [-0.2, -0.15) is 13.2 Å². The number of likely N-dealkylation sites (N-methyl/N-ethyl adjacent to an activating group) is 1. The fourth-order valence-corrected chi connectivity index (χ4v) is 5.89. The lowest BCUT2D eigenvalue weighted by Crippen LogP contribution is -2.61. The maximum Gasteiger partial charge on any atom is 0.416 e. The summed E-state index contributed by atoms with van der Waals surface area (Å²) < 4.78 is 40.6. The minimum absolute atomic E-state index is 0.0880. The average Bonchev–Trinajstić information content (AvgIpc) is 2.88. The Morgan fingerprint density at radius 2 is 1.79 bits per heavy atom. The zero-order chi connectivity index (χ0) is 28.1. The molecule has 2 bridgehead atoms. The third-order valence-corrected chi connectivity index (χ3v) is 8.19. The zero-order valence-electron chi connectivity index (χ0n) is 22.4. The summed E-state index contributed by atoms with van der Waals surface area (Å²) in [5.74, 6) is 2.30. The largest absolute Gasteiger partial charge is 0.416 e. The summed E-state index contributed by atoms with van der Waals surface area (Å²) in [7, 11) is 1.62. The summed E-state index contributed by atoms with van der Waals surface area (Å²) in [5, 5.41) is 6.44. The Kier molecular flexibility index (Phi) is 6.76. The maximum absolute atomic E-state index is 13.6. The van der Waals surface area contributed by atoms with Crippen LogP contribution in [0.5, 0.6) is 0 Å². The summed E-state index contributed by atoms with van der Waals surface area (Å²) in [6.07, 6.45) is -0.241. The molecule has 2 aromatic rings. The van der Waals surface area contributed by atoms with Gasteiger partial charge in [-0.1, -0.05) is 12.1 Å². The van der Waals surface area contributed by atoms with Gasteiger partial charge in [0.2, 0.25) is 0 Å². The number of carbonyl (C=O) groups is 1. The normalized spacial score (nSPS) is 23.1. The van der Waals surface area contributed by atoms with Crippen molar-refractivity contribution in [2.24, 2.45) is 0 Å². The third kappa shape index (κ3) is 4.92. The minimum atomic E-state index is -4.47. The Morgan fingerprint density at radius 3 is 2.41 bits per heavy atom. The maximum atomic E-state index is 13.6. The van der Waals surface area contributed by atoms with Crippen LogP contribution in [0, 0.1) is 13.8 Å². The minimum Gasteiger partial charge on any atom is -0.363 e. The number of amides is 1. The topological polar surface area (TPSA) is 90.5 Å². The SMILES string of the molecule is Cc1nc(N[C@H](C)c2cccc(C(F)(F)F)c2C)c2c(n1)C(=C=O)N(C)C(C(=O)NC13CCN(CC1)CC3)=C2. The van der Waals surface area contributed by atoms with Crippen molar-refractivity contribution >= 4 is 29.4 Å². The van der Waals surface area contributed by atoms with E-state index in [4.69, 9.17) is 0 Å². The van der Waals surface area contributed by atoms with E-state index in [1.54, 1.807) is 33.0 Å². The van der Waals surface area contributed by atoms with Crippen molar-refractivity contribution in [3.05, 3.63) is 57.7 Å². The quantitative estimate of drug-likeness (QED) is 0.552. The van der Waals surface area contributed by atoms with Crippen molar-refractivity contribution in [3.63, 3.8) is 0 Å². The van der Waals surface area contributed by atoms with Gasteiger partial charge in [0.25, 0.3) is 5.91 Å². The van der Waals surface area contributed by atoms with E-state index in [1.165, 1.54) is 17.9 Å². The highest BCUT2D eigenvalue weighted by Crippen LogP contribution is 2.38. The molecule has 39 heavy (non-hydrogen) atoms. The summed E-state index contributed by atoms with van der Waals surface area (Å²) >= 11 is 0. The first-order chi connectivity index (χ1) is 18.4. The Morgan fingerprint density at radius 1 is 1.13 bits per heavy atom. The second-order valence-corrected chi connectivity index (χ2v) is 10.6. The standard InChI is InChI=1S/C28H31F3N6O2/c1-16-19(6-5-7-21(16)28(29,30)31)17(2)32-25-20-14-22(36(4)23(15-38)24(20)33-18(3)34-25)26(39)35-27-8-11-37(12-9-27)13-10-27/h5-7,14,17H,8-13H2,1-4H3,(H,35,39)(H,32,33,34)/t17-/m1/s1. The van der Waals surface area contributed by atoms with E-state index >= 15 is 0 Å². The molecular weight excluding hydrogens is 509 g/mol. The second kappa shape index (κ2) is 9.81. The lowest BCUT2D eigenvalue weighted by Gasteiger charge is -2.49. The van der Waals surface area contributed by atoms with E-state index in [-0.39, 0.29) is 28.4 Å². The van der Waals surface area contributed by atoms with Crippen LogP contribution in [0.4, 0.5) is 19.0 Å². The van der Waals surface area contributed by atoms with Crippen LogP contribution < -0.4 is 10.6 Å². The fraction of sp³-hybridized carbons (Fsp3) is 0.464. The molecule has 4 aliphatic rings. The molecular formula is C28H31F3N6O2. The Balaban J connectivity index is 1.51. The number of aromatic nitrogens is 2. The van der Waals surface area contributed by atoms with E-state index in [0.717, 1.165) is 45.0 Å². The van der Waals surface area contributed by atoms with Gasteiger partial charge in [0.05, 0.1) is 11.6 Å². The summed E-state index contributed by atoms with van der Waals surface area (Å²) in [6, 6.07) is 3.51. The van der Waals surface area contributed by atoms with Gasteiger partial charge in [0.1, 0.15) is 23.0 Å². The fourth-order valence-electron chi connectivity index (χ4n) is 5.89. The first-order valence-corrected chi connectivity index (χ1v) is 13.0. The Hall–Kier alpha value is -3.69. The van der Waals surface area contributed by atoms with Crippen LogP contribution in [0.3, 0.4) is 0 Å². The molecule has 206 valence electrons. The summed E-state index contributed by atoms with van der Waals surface area (Å²) in [6.45, 7) is 7.65. The van der Waals surface area contributed by atoms with Gasteiger partial charge < -0.3 is 20.4 Å². The number of piperidine rings is 3. The van der Waals surface area contributed by atoms with Gasteiger partial charge in [-0.25, -0.2) is 14.8 Å². The molecule has 1 aromatic heterocycles. The van der Waals surface area contributed by atoms with Crippen molar-refractivity contribution < 1.29 is 22.8 Å². The van der Waals surface area contributed by atoms with Crippen molar-refractivity contribution in [2.75, 3.05) is 32.0 Å². The monoisotopic (exact) mass is 540 g/mol. The van der Waals surface area contributed by atoms with Crippen molar-refractivity contribution in [3.8, 4) is 0 Å². The molecule has 5 heterocycles. The molecule has 0 spiro atoms. The second-order valence-electron chi connectivity index (χ2n) is 10.6. The molecule has 6 rings (SSSR count). The van der Waals surface area contributed by atoms with Gasteiger partial charge in [0, 0.05) is 37.8 Å². The molecule has 4 aliphatic heterocycles. The van der Waals surface area contributed by atoms with Crippen molar-refractivity contribution in [1.29, 1.82) is 0 Å². The smallest absolute Gasteiger partial charge is 0.363 e. The molecule has 0 saturated carbocycles. The number of nitrogens with one attached hydrogen (secondary N) is 2. The third-order valence-electron chi connectivity index (χ3n) is 8.19. The number of benzene rings is 1. The molecule has 11 heteroatoms. The number of alkyl halides is 3. The highest BCUT2D eigenvalue weighted by atomic mass is 19.4. The number of anilines is 1. The van der Waals surface area contributed by atoms with E-state index < -0.39 is 17.8 Å². The first kappa shape index (κ1) is 26.9. The molecule has 1 aromatic carbocycles. The number of hydrogen-bond donors (Lipinski definition) is 2. The molecule has 0 unspecified atom stereocenters. The predicted molar refractivity (Wildman–Crippen MR) is 141 cm³/mol. The number of rotatable bonds is 5. The van der Waals surface area contributed by atoms with Crippen LogP contribution in [0.2, 0.25) is 0 Å². The van der Waals surface area contributed by atoms with Gasteiger partial charge in [-0.15, -0.1) is 0 Å². The first-order valence-electron chi connectivity index (χ1n) is 13.0. The highest BCUT2D eigenvalue weighted by molar-refractivity contribution is 6.05. The van der Waals surface area contributed by atoms with E-state index in [0.29, 0.717) is 28.5 Å². The van der Waals surface area contributed by atoms with Crippen LogP contribution in [0.25, 0.3) is 11.8 Å². The number of halogens is 3. The van der Waals surface area contributed by atoms with Crippen molar-refractivity contribution in [1.82, 2.24) is 25.1 Å². The van der Waals surface area contributed by atoms with Gasteiger partial charge in [0.15, 0.2) is 11.6 Å². The number of fused-ring (bicyclic) bond motifs is 4. The molecule has 1 amide bonds. The average molecular weight is 541 g/mol. The van der Waals surface area contributed by atoms with Gasteiger partial charge >= 0.3 is 6.18 Å². The van der Waals surface area contributed by atoms with E-state index in [9.17, 15) is 22.8 Å². The molecule has 8 nitrogen and oxygen atoms in total. The predicted octanol–water partition coefficient (Wildman–Crippen LogP) is 4.10. The zero-order valence-corrected chi connectivity index (χ0v) is 22.4. The molecule has 3 fully saturated rings. The molecule has 0 aliphatic carbocycles. The lowest BCUT2D eigenvalue weighted by atomic mass is 9.80. The van der Waals surface area contributed by atoms with Crippen LogP contribution in [-0.2, 0) is 15.8 Å². The van der Waals surface area contributed by atoms with Crippen LogP contribution in [0.1, 0.15) is 66.0 Å². The lowest BCUT2D eigenvalue weighted by molar-refractivity contribution is -0.138. The Bertz CT molecular complexity index is 1390. The number of nitrogens with zero attached hydrogens (tertiary/aromatic N) is 4. The van der Waals surface area contributed by atoms with Gasteiger partial charge in [-0.3, -0.25) is 4.79 Å². The Labute approximate surface area is 225 Å². The molecule has 0 radical (unpaired) electrons. The number of carbonyl (C=O) groups excluding carboxylic acids is 2. The molecule has 1 atom stereocenters. The summed E-state index contributed by atoms with van der Waals surface area (Å²) in [4.78, 5) is 38.5. The van der Waals surface area contributed by atoms with E-state index in [1.807, 2.05) is 5.94 Å². The van der Waals surface area contributed by atoms with E-state index in [2.05, 4.69) is 25.5 Å². The number of hydrogen-bond acceptors (Lipinski definition) is 7. The summed E-state index contributed by atoms with van der Waals surface area (Å²) in [5.41, 5.74) is 0.649. The van der Waals surface area contributed by atoms with Crippen LogP contribution in [0.15, 0.2) is 23.9 Å². The highest BCUT2D eigenvalue weighted by Gasteiger charge is 2.42. The number of aryl methyl sites for hydroxylation is 1. The van der Waals surface area contributed by atoms with Crippen LogP contribution >= 0.6 is 0 Å². The van der Waals surface area contributed by atoms with Crippen molar-refractivity contribution in [2.45, 2.75) is 57.8 Å².